The summed E-state index contributed by atoms with van der Waals surface area (Å²) in [4.78, 5) is 4.32. The summed E-state index contributed by atoms with van der Waals surface area (Å²) in [6, 6.07) is 4.06. The Morgan fingerprint density at radius 3 is 3.06 bits per heavy atom. The van der Waals surface area contributed by atoms with E-state index in [1.807, 2.05) is 12.3 Å². The second-order valence-electron chi connectivity index (χ2n) is 4.16. The molecule has 0 aliphatic heterocycles. The van der Waals surface area contributed by atoms with Crippen LogP contribution in [0.25, 0.3) is 5.65 Å². The van der Waals surface area contributed by atoms with Gasteiger partial charge < -0.3 is 14.8 Å². The van der Waals surface area contributed by atoms with Crippen LogP contribution >= 0.6 is 0 Å². The highest BCUT2D eigenvalue weighted by Gasteiger charge is 2.03. The minimum atomic E-state index is -0.319. The Morgan fingerprint density at radius 2 is 2.31 bits per heavy atom. The lowest BCUT2D eigenvalue weighted by atomic mass is 10.3. The highest BCUT2D eigenvalue weighted by atomic mass is 16.3. The molecule has 0 radical (unpaired) electrons. The van der Waals surface area contributed by atoms with E-state index < -0.39 is 0 Å². The molecular weight excluding hydrogens is 202 g/mol. The van der Waals surface area contributed by atoms with Crippen molar-refractivity contribution in [3.63, 3.8) is 0 Å². The predicted octanol–water partition coefficient (Wildman–Crippen LogP) is 1.11. The highest BCUT2D eigenvalue weighted by Crippen LogP contribution is 2.08. The standard InChI is InChI=1S/C12H17N3O/c1-9-3-4-12-14-7-11(15(12)8-9)6-13-5-10(2)16/h3-4,7-8,10,13,16H,5-6H2,1-2H3/t10-/m1/s1. The zero-order valence-electron chi connectivity index (χ0n) is 9.64. The number of aliphatic hydroxyl groups is 1. The summed E-state index contributed by atoms with van der Waals surface area (Å²) >= 11 is 0. The van der Waals surface area contributed by atoms with E-state index >= 15 is 0 Å². The average molecular weight is 219 g/mol. The van der Waals surface area contributed by atoms with Gasteiger partial charge in [0.15, 0.2) is 0 Å². The smallest absolute Gasteiger partial charge is 0.136 e. The largest absolute Gasteiger partial charge is 0.392 e. The lowest BCUT2D eigenvalue weighted by molar-refractivity contribution is 0.191. The molecule has 0 aromatic carbocycles. The second-order valence-corrected chi connectivity index (χ2v) is 4.16. The predicted molar refractivity (Wildman–Crippen MR) is 63.3 cm³/mol. The highest BCUT2D eigenvalue weighted by molar-refractivity contribution is 5.41. The number of rotatable bonds is 4. The van der Waals surface area contributed by atoms with Crippen molar-refractivity contribution in [3.8, 4) is 0 Å². The molecule has 4 nitrogen and oxygen atoms in total. The van der Waals surface area contributed by atoms with Gasteiger partial charge in [-0.3, -0.25) is 0 Å². The van der Waals surface area contributed by atoms with E-state index in [2.05, 4.69) is 33.9 Å². The molecule has 0 amide bonds. The maximum absolute atomic E-state index is 9.15. The van der Waals surface area contributed by atoms with Crippen molar-refractivity contribution in [3.05, 3.63) is 35.8 Å². The minimum Gasteiger partial charge on any atom is -0.392 e. The number of aryl methyl sites for hydroxylation is 1. The number of imidazole rings is 1. The SMILES string of the molecule is Cc1ccc2ncc(CNC[C@@H](C)O)n2c1. The molecule has 2 rings (SSSR count). The molecule has 2 aromatic heterocycles. The lowest BCUT2D eigenvalue weighted by Gasteiger charge is -2.06. The number of hydrogen-bond acceptors (Lipinski definition) is 3. The van der Waals surface area contributed by atoms with Gasteiger partial charge in [-0.25, -0.2) is 4.98 Å². The Morgan fingerprint density at radius 1 is 1.50 bits per heavy atom. The van der Waals surface area contributed by atoms with Crippen molar-refractivity contribution >= 4 is 5.65 Å². The molecule has 0 fully saturated rings. The summed E-state index contributed by atoms with van der Waals surface area (Å²) in [6.45, 7) is 5.15. The molecule has 0 spiro atoms. The Kier molecular flexibility index (Phi) is 3.22. The summed E-state index contributed by atoms with van der Waals surface area (Å²) in [5.74, 6) is 0. The minimum absolute atomic E-state index is 0.319. The fraction of sp³-hybridized carbons (Fsp3) is 0.417. The quantitative estimate of drug-likeness (QED) is 0.810. The van der Waals surface area contributed by atoms with Crippen LogP contribution in [0.5, 0.6) is 0 Å². The van der Waals surface area contributed by atoms with E-state index in [9.17, 15) is 0 Å². The first-order valence-electron chi connectivity index (χ1n) is 5.48. The van der Waals surface area contributed by atoms with Crippen LogP contribution in [0.15, 0.2) is 24.5 Å². The summed E-state index contributed by atoms with van der Waals surface area (Å²) < 4.78 is 2.07. The summed E-state index contributed by atoms with van der Waals surface area (Å²) in [5.41, 5.74) is 3.28. The Bertz CT molecular complexity index is 476. The monoisotopic (exact) mass is 219 g/mol. The lowest BCUT2D eigenvalue weighted by Crippen LogP contribution is -2.24. The third-order valence-corrected chi connectivity index (χ3v) is 2.48. The number of aromatic nitrogens is 2. The van der Waals surface area contributed by atoms with Gasteiger partial charge in [-0.2, -0.15) is 0 Å². The first kappa shape index (κ1) is 11.1. The van der Waals surface area contributed by atoms with Crippen LogP contribution in [0, 0.1) is 6.92 Å². The van der Waals surface area contributed by atoms with E-state index in [-0.39, 0.29) is 6.10 Å². The number of nitrogens with one attached hydrogen (secondary N) is 1. The fourth-order valence-electron chi connectivity index (χ4n) is 1.68. The van der Waals surface area contributed by atoms with Gasteiger partial charge in [0.2, 0.25) is 0 Å². The van der Waals surface area contributed by atoms with E-state index in [4.69, 9.17) is 5.11 Å². The molecule has 86 valence electrons. The molecule has 0 aliphatic rings. The molecular formula is C12H17N3O. The third kappa shape index (κ3) is 2.40. The van der Waals surface area contributed by atoms with Gasteiger partial charge in [0.25, 0.3) is 0 Å². The van der Waals surface area contributed by atoms with Crippen LogP contribution < -0.4 is 5.32 Å². The summed E-state index contributed by atoms with van der Waals surface area (Å²) in [7, 11) is 0. The molecule has 0 saturated carbocycles. The van der Waals surface area contributed by atoms with Crippen LogP contribution in [-0.2, 0) is 6.54 Å². The number of fused-ring (bicyclic) bond motifs is 1. The van der Waals surface area contributed by atoms with Crippen LogP contribution in [0.3, 0.4) is 0 Å². The summed E-state index contributed by atoms with van der Waals surface area (Å²) in [6.07, 6.45) is 3.62. The first-order valence-corrected chi connectivity index (χ1v) is 5.48. The summed E-state index contributed by atoms with van der Waals surface area (Å²) in [5, 5.41) is 12.3. The number of hydrogen-bond donors (Lipinski definition) is 2. The van der Waals surface area contributed by atoms with Gasteiger partial charge in [0.05, 0.1) is 18.0 Å². The van der Waals surface area contributed by atoms with Gasteiger partial charge >= 0.3 is 0 Å². The zero-order chi connectivity index (χ0) is 11.5. The maximum Gasteiger partial charge on any atom is 0.136 e. The number of aliphatic hydroxyl groups excluding tert-OH is 1. The molecule has 4 heteroatoms. The van der Waals surface area contributed by atoms with Gasteiger partial charge in [-0.1, -0.05) is 6.07 Å². The van der Waals surface area contributed by atoms with Crippen LogP contribution in [0.4, 0.5) is 0 Å². The Hall–Kier alpha value is -1.39. The van der Waals surface area contributed by atoms with E-state index in [1.165, 1.54) is 5.56 Å². The van der Waals surface area contributed by atoms with Crippen molar-refractivity contribution in [1.29, 1.82) is 0 Å². The van der Waals surface area contributed by atoms with Gasteiger partial charge in [-0.15, -0.1) is 0 Å². The van der Waals surface area contributed by atoms with Crippen molar-refractivity contribution < 1.29 is 5.11 Å². The van der Waals surface area contributed by atoms with Gasteiger partial charge in [-0.05, 0) is 25.5 Å². The van der Waals surface area contributed by atoms with Crippen molar-refractivity contribution in [1.82, 2.24) is 14.7 Å². The van der Waals surface area contributed by atoms with Crippen LogP contribution in [-0.4, -0.2) is 27.1 Å². The molecule has 0 unspecified atom stereocenters. The van der Waals surface area contributed by atoms with Crippen molar-refractivity contribution in [2.75, 3.05) is 6.54 Å². The topological polar surface area (TPSA) is 49.6 Å². The molecule has 2 N–H and O–H groups in total. The first-order chi connectivity index (χ1) is 7.66. The molecule has 2 aromatic rings. The third-order valence-electron chi connectivity index (χ3n) is 2.48. The van der Waals surface area contributed by atoms with E-state index in [0.29, 0.717) is 6.54 Å². The molecule has 2 heterocycles. The Balaban J connectivity index is 2.15. The van der Waals surface area contributed by atoms with Crippen molar-refractivity contribution in [2.24, 2.45) is 0 Å². The van der Waals surface area contributed by atoms with Gasteiger partial charge in [0.1, 0.15) is 5.65 Å². The second kappa shape index (κ2) is 4.63. The average Bonchev–Trinajstić information content (AvgIpc) is 2.60. The van der Waals surface area contributed by atoms with Crippen LogP contribution in [0.1, 0.15) is 18.2 Å². The van der Waals surface area contributed by atoms with Crippen LogP contribution in [0.2, 0.25) is 0 Å². The maximum atomic E-state index is 9.15. The molecule has 16 heavy (non-hydrogen) atoms. The molecule has 0 aliphatic carbocycles. The Labute approximate surface area is 94.9 Å². The molecule has 1 atom stereocenters. The fourth-order valence-corrected chi connectivity index (χ4v) is 1.68. The molecule has 0 bridgehead atoms. The molecule has 0 saturated heterocycles. The van der Waals surface area contributed by atoms with Gasteiger partial charge in [0, 0.05) is 19.3 Å². The van der Waals surface area contributed by atoms with E-state index in [0.717, 1.165) is 17.9 Å². The number of pyridine rings is 1. The van der Waals surface area contributed by atoms with Crippen molar-refractivity contribution in [2.45, 2.75) is 26.5 Å². The zero-order valence-corrected chi connectivity index (χ0v) is 9.64. The van der Waals surface area contributed by atoms with E-state index in [1.54, 1.807) is 6.92 Å². The normalized spacial score (nSPS) is 13.2. The number of nitrogens with zero attached hydrogens (tertiary/aromatic N) is 2.